The molecule has 0 amide bonds. The zero-order valence-corrected chi connectivity index (χ0v) is 13.5. The molecule has 2 heteroatoms. The first-order chi connectivity index (χ1) is 12.4. The summed E-state index contributed by atoms with van der Waals surface area (Å²) in [6.45, 7) is 0. The molecule has 0 radical (unpaired) electrons. The molecule has 0 saturated heterocycles. The van der Waals surface area contributed by atoms with E-state index in [1.54, 1.807) is 0 Å². The molecule has 0 fully saturated rings. The monoisotopic (exact) mass is 318 g/mol. The molecule has 0 saturated carbocycles. The van der Waals surface area contributed by atoms with E-state index in [0.717, 1.165) is 0 Å². The highest BCUT2D eigenvalue weighted by Crippen LogP contribution is 2.55. The van der Waals surface area contributed by atoms with Crippen LogP contribution in [0.15, 0.2) is 94.3 Å². The number of rotatable bonds is 0. The molecule has 2 aromatic rings. The van der Waals surface area contributed by atoms with Gasteiger partial charge in [0.05, 0.1) is 6.20 Å². The molecular weight excluding hydrogens is 304 g/mol. The van der Waals surface area contributed by atoms with Gasteiger partial charge < -0.3 is 0 Å². The van der Waals surface area contributed by atoms with Crippen molar-refractivity contribution in [3.8, 4) is 0 Å². The fourth-order valence-corrected chi connectivity index (χ4v) is 4.37. The van der Waals surface area contributed by atoms with Crippen molar-refractivity contribution in [2.45, 2.75) is 5.54 Å². The second-order valence-electron chi connectivity index (χ2n) is 6.75. The molecule has 0 bridgehead atoms. The summed E-state index contributed by atoms with van der Waals surface area (Å²) in [5.41, 5.74) is 9.41. The molecule has 1 heterocycles. The number of hydrogen-bond donors (Lipinski definition) is 0. The van der Waals surface area contributed by atoms with Gasteiger partial charge in [0.25, 0.3) is 0 Å². The largest absolute Gasteiger partial charge is 0.168 e. The van der Waals surface area contributed by atoms with Crippen molar-refractivity contribution in [1.29, 1.82) is 0 Å². The summed E-state index contributed by atoms with van der Waals surface area (Å²) in [5.74, 6) is 0. The topological polar surface area (TPSA) is 24.7 Å². The average Bonchev–Trinajstić information content (AvgIpc) is 3.23. The van der Waals surface area contributed by atoms with Crippen molar-refractivity contribution < 1.29 is 0 Å². The van der Waals surface area contributed by atoms with Crippen LogP contribution in [0.3, 0.4) is 0 Å². The Balaban J connectivity index is 1.60. The lowest BCUT2D eigenvalue weighted by Crippen LogP contribution is -2.31. The van der Waals surface area contributed by atoms with Crippen LogP contribution in [0.1, 0.15) is 22.3 Å². The number of hydrogen-bond acceptors (Lipinski definition) is 2. The number of fused-ring (bicyclic) bond motifs is 8. The highest BCUT2D eigenvalue weighted by atomic mass is 15.2. The first kappa shape index (κ1) is 13.1. The maximum atomic E-state index is 4.76. The predicted molar refractivity (Wildman–Crippen MR) is 102 cm³/mol. The van der Waals surface area contributed by atoms with Gasteiger partial charge in [-0.25, -0.2) is 0 Å². The maximum absolute atomic E-state index is 4.76. The van der Waals surface area contributed by atoms with Gasteiger partial charge in [0.2, 0.25) is 0 Å². The summed E-state index contributed by atoms with van der Waals surface area (Å²) in [4.78, 5) is 0. The molecule has 1 spiro atoms. The molecule has 0 N–H and O–H groups in total. The lowest BCUT2D eigenvalue weighted by Gasteiger charge is -2.34. The first-order valence-corrected chi connectivity index (χ1v) is 8.52. The standard InChI is InChI=1S/C23H14N2/c1-3-8-17-15(6-1)12-21-19(17)10-5-11-23(21)22-13-16-7-2-4-9-18(16)20(22)14-24-25-23/h1-14H. The minimum absolute atomic E-state index is 0.522. The number of azo groups is 1. The number of benzene rings is 2. The minimum Gasteiger partial charge on any atom is -0.168 e. The Morgan fingerprint density at radius 2 is 1.36 bits per heavy atom. The Morgan fingerprint density at radius 3 is 2.12 bits per heavy atom. The Hall–Kier alpha value is -3.26. The zero-order valence-electron chi connectivity index (χ0n) is 13.5. The van der Waals surface area contributed by atoms with Crippen molar-refractivity contribution >= 4 is 23.3 Å². The third kappa shape index (κ3) is 1.54. The van der Waals surface area contributed by atoms with Crippen LogP contribution in [0.5, 0.6) is 0 Å². The first-order valence-electron chi connectivity index (χ1n) is 8.52. The van der Waals surface area contributed by atoms with Crippen LogP contribution < -0.4 is 0 Å². The summed E-state index contributed by atoms with van der Waals surface area (Å²) < 4.78 is 0. The van der Waals surface area contributed by atoms with Gasteiger partial charge in [-0.1, -0.05) is 60.7 Å². The van der Waals surface area contributed by atoms with Crippen molar-refractivity contribution in [2.24, 2.45) is 10.2 Å². The van der Waals surface area contributed by atoms with E-state index in [4.69, 9.17) is 5.11 Å². The summed E-state index contributed by atoms with van der Waals surface area (Å²) in [5, 5.41) is 9.18. The lowest BCUT2D eigenvalue weighted by atomic mass is 9.74. The van der Waals surface area contributed by atoms with Crippen LogP contribution in [0.2, 0.25) is 0 Å². The van der Waals surface area contributed by atoms with Crippen molar-refractivity contribution in [1.82, 2.24) is 0 Å². The van der Waals surface area contributed by atoms with E-state index >= 15 is 0 Å². The van der Waals surface area contributed by atoms with Crippen LogP contribution in [0.25, 0.3) is 23.3 Å². The van der Waals surface area contributed by atoms with Crippen LogP contribution in [-0.4, -0.2) is 5.54 Å². The summed E-state index contributed by atoms with van der Waals surface area (Å²) in [7, 11) is 0. The van der Waals surface area contributed by atoms with E-state index in [2.05, 4.69) is 84.0 Å². The van der Waals surface area contributed by atoms with Gasteiger partial charge >= 0.3 is 0 Å². The zero-order chi connectivity index (χ0) is 16.4. The van der Waals surface area contributed by atoms with E-state index < -0.39 is 5.54 Å². The summed E-state index contributed by atoms with van der Waals surface area (Å²) in [6.07, 6.45) is 13.0. The Morgan fingerprint density at radius 1 is 0.720 bits per heavy atom. The van der Waals surface area contributed by atoms with Crippen molar-refractivity contribution in [3.63, 3.8) is 0 Å². The second-order valence-corrected chi connectivity index (χ2v) is 6.75. The van der Waals surface area contributed by atoms with E-state index in [1.807, 2.05) is 6.20 Å². The van der Waals surface area contributed by atoms with Crippen LogP contribution in [-0.2, 0) is 0 Å². The quantitative estimate of drug-likeness (QED) is 0.597. The molecule has 0 aromatic heterocycles. The van der Waals surface area contributed by atoms with Gasteiger partial charge in [-0.3, -0.25) is 0 Å². The fraction of sp³-hybridized carbons (Fsp3) is 0.0435. The van der Waals surface area contributed by atoms with E-state index in [9.17, 15) is 0 Å². The molecule has 6 rings (SSSR count). The normalized spacial score (nSPS) is 24.0. The predicted octanol–water partition coefficient (Wildman–Crippen LogP) is 5.68. The van der Waals surface area contributed by atoms with Gasteiger partial charge in [0.1, 0.15) is 0 Å². The van der Waals surface area contributed by atoms with Crippen LogP contribution >= 0.6 is 0 Å². The SMILES string of the molecule is C1=CC2(N=NC=C3C2=Cc2ccccc23)C2=Cc3ccccc3C2=C1. The van der Waals surface area contributed by atoms with Crippen LogP contribution in [0, 0.1) is 0 Å². The Kier molecular flexibility index (Phi) is 2.31. The molecule has 1 unspecified atom stereocenters. The number of allylic oxidation sites excluding steroid dienone is 2. The van der Waals surface area contributed by atoms with Gasteiger partial charge in [-0.2, -0.15) is 10.2 Å². The molecule has 2 nitrogen and oxygen atoms in total. The molecule has 4 aliphatic rings. The van der Waals surface area contributed by atoms with Crippen molar-refractivity contribution in [2.75, 3.05) is 0 Å². The number of nitrogens with zero attached hydrogens (tertiary/aromatic N) is 2. The Labute approximate surface area is 145 Å². The van der Waals surface area contributed by atoms with Gasteiger partial charge in [-0.05, 0) is 57.2 Å². The molecule has 3 aliphatic carbocycles. The van der Waals surface area contributed by atoms with Gasteiger partial charge in [-0.15, -0.1) is 0 Å². The second kappa shape index (κ2) is 4.42. The molecule has 1 aliphatic heterocycles. The molecule has 2 aromatic carbocycles. The van der Waals surface area contributed by atoms with E-state index in [1.165, 1.54) is 44.5 Å². The van der Waals surface area contributed by atoms with E-state index in [-0.39, 0.29) is 0 Å². The highest BCUT2D eigenvalue weighted by Gasteiger charge is 2.46. The molecule has 1 atom stereocenters. The molecule has 116 valence electrons. The third-order valence-corrected chi connectivity index (χ3v) is 5.51. The molecular formula is C23H14N2. The van der Waals surface area contributed by atoms with Gasteiger partial charge in [0, 0.05) is 5.57 Å². The van der Waals surface area contributed by atoms with Crippen LogP contribution in [0.4, 0.5) is 0 Å². The maximum Gasteiger partial charge on any atom is 0.152 e. The minimum atomic E-state index is -0.522. The lowest BCUT2D eigenvalue weighted by molar-refractivity contribution is 0.709. The summed E-state index contributed by atoms with van der Waals surface area (Å²) in [6, 6.07) is 17.0. The van der Waals surface area contributed by atoms with E-state index in [0.29, 0.717) is 0 Å². The summed E-state index contributed by atoms with van der Waals surface area (Å²) >= 11 is 0. The molecule has 25 heavy (non-hydrogen) atoms. The third-order valence-electron chi connectivity index (χ3n) is 5.51. The highest BCUT2D eigenvalue weighted by molar-refractivity contribution is 6.05. The Bertz CT molecular complexity index is 1040. The van der Waals surface area contributed by atoms with Crippen molar-refractivity contribution in [3.05, 3.63) is 106 Å². The fourth-order valence-electron chi connectivity index (χ4n) is 4.37. The smallest absolute Gasteiger partial charge is 0.152 e. The average molecular weight is 318 g/mol. The van der Waals surface area contributed by atoms with Gasteiger partial charge in [0.15, 0.2) is 5.54 Å².